The number of methoxy groups -OCH3 is 1. The van der Waals surface area contributed by atoms with Crippen LogP contribution < -0.4 is 15.4 Å². The molecule has 0 atom stereocenters. The Bertz CT molecular complexity index is 1340. The number of carbonyl (C=O) groups is 2. The van der Waals surface area contributed by atoms with E-state index in [0.29, 0.717) is 23.6 Å². The van der Waals surface area contributed by atoms with E-state index in [2.05, 4.69) is 15.7 Å². The van der Waals surface area contributed by atoms with Crippen molar-refractivity contribution in [2.45, 2.75) is 6.54 Å². The quantitative estimate of drug-likeness (QED) is 0.398. The van der Waals surface area contributed by atoms with Gasteiger partial charge >= 0.3 is 0 Å². The van der Waals surface area contributed by atoms with Gasteiger partial charge in [-0.2, -0.15) is 5.10 Å². The number of hydrogen-bond donors (Lipinski definition) is 2. The molecule has 35 heavy (non-hydrogen) atoms. The van der Waals surface area contributed by atoms with Crippen molar-refractivity contribution in [1.82, 2.24) is 15.1 Å². The van der Waals surface area contributed by atoms with Crippen LogP contribution in [-0.2, 0) is 11.3 Å². The lowest BCUT2D eigenvalue weighted by Gasteiger charge is -2.08. The molecule has 0 unspecified atom stereocenters. The van der Waals surface area contributed by atoms with Crippen LogP contribution in [0.4, 0.5) is 14.5 Å². The summed E-state index contributed by atoms with van der Waals surface area (Å²) in [5.74, 6) is -2.53. The zero-order chi connectivity index (χ0) is 24.8. The first-order valence-corrected chi connectivity index (χ1v) is 10.7. The number of nitrogens with zero attached hydrogens (tertiary/aromatic N) is 2. The molecule has 2 amide bonds. The summed E-state index contributed by atoms with van der Waals surface area (Å²) >= 11 is 0. The average molecular weight is 476 g/mol. The lowest BCUT2D eigenvalue weighted by molar-refractivity contribution is -0.115. The highest BCUT2D eigenvalue weighted by Crippen LogP contribution is 2.25. The molecular formula is C26H22F2N4O3. The standard InChI is InChI=1S/C26H22F2N4O3/c1-35-20-10-7-18(8-11-20)25-21(16-32(31-25)15-17-5-3-2-4-6-17)26(34)29-14-24(33)30-19-9-12-22(27)23(28)13-19/h2-13,16H,14-15H2,1H3,(H,29,34)(H,30,33). The predicted octanol–water partition coefficient (Wildman–Crippen LogP) is 4.25. The summed E-state index contributed by atoms with van der Waals surface area (Å²) in [4.78, 5) is 25.2. The van der Waals surface area contributed by atoms with Gasteiger partial charge in [-0.15, -0.1) is 0 Å². The Morgan fingerprint density at radius 1 is 0.971 bits per heavy atom. The fourth-order valence-corrected chi connectivity index (χ4v) is 3.44. The van der Waals surface area contributed by atoms with Gasteiger partial charge in [0.25, 0.3) is 5.91 Å². The number of hydrogen-bond acceptors (Lipinski definition) is 4. The third-order valence-electron chi connectivity index (χ3n) is 5.17. The summed E-state index contributed by atoms with van der Waals surface area (Å²) in [6.45, 7) is 0.0810. The molecular weight excluding hydrogens is 454 g/mol. The van der Waals surface area contributed by atoms with Crippen molar-refractivity contribution >= 4 is 17.5 Å². The minimum atomic E-state index is -1.08. The summed E-state index contributed by atoms with van der Waals surface area (Å²) in [5, 5.41) is 9.58. The Morgan fingerprint density at radius 3 is 2.40 bits per heavy atom. The number of amides is 2. The molecule has 0 aliphatic carbocycles. The minimum absolute atomic E-state index is 0.0813. The van der Waals surface area contributed by atoms with Crippen LogP contribution in [0.5, 0.6) is 5.75 Å². The predicted molar refractivity (Wildman–Crippen MR) is 127 cm³/mol. The number of halogens is 2. The van der Waals surface area contributed by atoms with Crippen molar-refractivity contribution in [1.29, 1.82) is 0 Å². The summed E-state index contributed by atoms with van der Waals surface area (Å²) in [5.41, 5.74) is 2.52. The zero-order valence-corrected chi connectivity index (χ0v) is 18.8. The van der Waals surface area contributed by atoms with Gasteiger partial charge in [-0.1, -0.05) is 30.3 Å². The van der Waals surface area contributed by atoms with Crippen LogP contribution in [0.3, 0.4) is 0 Å². The Morgan fingerprint density at radius 2 is 1.71 bits per heavy atom. The molecule has 0 spiro atoms. The average Bonchev–Trinajstić information content (AvgIpc) is 3.29. The molecule has 1 heterocycles. The number of aromatic nitrogens is 2. The lowest BCUT2D eigenvalue weighted by Crippen LogP contribution is -2.33. The van der Waals surface area contributed by atoms with Gasteiger partial charge in [-0.25, -0.2) is 8.78 Å². The molecule has 2 N–H and O–H groups in total. The van der Waals surface area contributed by atoms with Crippen molar-refractivity contribution in [2.75, 3.05) is 19.0 Å². The molecule has 9 heteroatoms. The zero-order valence-electron chi connectivity index (χ0n) is 18.8. The molecule has 4 rings (SSSR count). The van der Waals surface area contributed by atoms with Gasteiger partial charge < -0.3 is 15.4 Å². The molecule has 0 saturated heterocycles. The van der Waals surface area contributed by atoms with Gasteiger partial charge in [0.1, 0.15) is 11.4 Å². The van der Waals surface area contributed by atoms with Crippen LogP contribution in [0.1, 0.15) is 15.9 Å². The molecule has 3 aromatic carbocycles. The van der Waals surface area contributed by atoms with E-state index >= 15 is 0 Å². The van der Waals surface area contributed by atoms with Gasteiger partial charge in [-0.3, -0.25) is 14.3 Å². The van der Waals surface area contributed by atoms with E-state index in [9.17, 15) is 18.4 Å². The first-order chi connectivity index (χ1) is 16.9. The molecule has 0 bridgehead atoms. The Kier molecular flexibility index (Phi) is 7.15. The van der Waals surface area contributed by atoms with Crippen LogP contribution in [-0.4, -0.2) is 35.2 Å². The highest BCUT2D eigenvalue weighted by atomic mass is 19.2. The maximum absolute atomic E-state index is 13.4. The molecule has 0 fully saturated rings. The first kappa shape index (κ1) is 23.6. The van der Waals surface area contributed by atoms with E-state index in [4.69, 9.17) is 4.74 Å². The monoisotopic (exact) mass is 476 g/mol. The second kappa shape index (κ2) is 10.6. The summed E-state index contributed by atoms with van der Waals surface area (Å²) < 4.78 is 33.3. The third-order valence-corrected chi connectivity index (χ3v) is 5.17. The molecule has 0 saturated carbocycles. The number of rotatable bonds is 8. The van der Waals surface area contributed by atoms with Crippen LogP contribution in [0.2, 0.25) is 0 Å². The molecule has 178 valence electrons. The van der Waals surface area contributed by atoms with Gasteiger partial charge in [0.2, 0.25) is 5.91 Å². The third kappa shape index (κ3) is 5.89. The van der Waals surface area contributed by atoms with Crippen molar-refractivity contribution in [3.63, 3.8) is 0 Å². The van der Waals surface area contributed by atoms with E-state index in [1.807, 2.05) is 30.3 Å². The normalized spacial score (nSPS) is 10.6. The van der Waals surface area contributed by atoms with E-state index in [1.54, 1.807) is 42.3 Å². The molecule has 0 aliphatic heterocycles. The Hall–Kier alpha value is -4.53. The van der Waals surface area contributed by atoms with Gasteiger partial charge in [0.05, 0.1) is 25.8 Å². The highest BCUT2D eigenvalue weighted by molar-refractivity contribution is 6.02. The van der Waals surface area contributed by atoms with Gasteiger partial charge in [-0.05, 0) is 42.0 Å². The molecule has 0 radical (unpaired) electrons. The Labute approximate surface area is 200 Å². The van der Waals surface area contributed by atoms with E-state index in [-0.39, 0.29) is 17.8 Å². The smallest absolute Gasteiger partial charge is 0.255 e. The van der Waals surface area contributed by atoms with Crippen molar-refractivity contribution in [3.8, 4) is 17.0 Å². The molecule has 7 nitrogen and oxygen atoms in total. The van der Waals surface area contributed by atoms with Crippen molar-refractivity contribution in [2.24, 2.45) is 0 Å². The molecule has 1 aromatic heterocycles. The van der Waals surface area contributed by atoms with Crippen molar-refractivity contribution < 1.29 is 23.1 Å². The van der Waals surface area contributed by atoms with Crippen molar-refractivity contribution in [3.05, 3.63) is 102 Å². The summed E-state index contributed by atoms with van der Waals surface area (Å²) in [7, 11) is 1.56. The summed E-state index contributed by atoms with van der Waals surface area (Å²) in [6.07, 6.45) is 1.62. The van der Waals surface area contributed by atoms with Crippen LogP contribution >= 0.6 is 0 Å². The molecule has 0 aliphatic rings. The van der Waals surface area contributed by atoms with Gasteiger partial charge in [0, 0.05) is 23.5 Å². The van der Waals surface area contributed by atoms with E-state index in [1.165, 1.54) is 6.07 Å². The second-order valence-electron chi connectivity index (χ2n) is 7.66. The Balaban J connectivity index is 1.52. The minimum Gasteiger partial charge on any atom is -0.497 e. The SMILES string of the molecule is COc1ccc(-c2nn(Cc3ccccc3)cc2C(=O)NCC(=O)Nc2ccc(F)c(F)c2)cc1. The van der Waals surface area contributed by atoms with E-state index in [0.717, 1.165) is 17.7 Å². The van der Waals surface area contributed by atoms with Gasteiger partial charge in [0.15, 0.2) is 11.6 Å². The highest BCUT2D eigenvalue weighted by Gasteiger charge is 2.19. The number of nitrogens with one attached hydrogen (secondary N) is 2. The number of anilines is 1. The number of ether oxygens (including phenoxy) is 1. The number of carbonyl (C=O) groups excluding carboxylic acids is 2. The fraction of sp³-hybridized carbons (Fsp3) is 0.115. The maximum Gasteiger partial charge on any atom is 0.255 e. The van der Waals surface area contributed by atoms with Crippen LogP contribution in [0, 0.1) is 11.6 Å². The first-order valence-electron chi connectivity index (χ1n) is 10.7. The number of benzene rings is 3. The van der Waals surface area contributed by atoms with E-state index < -0.39 is 23.4 Å². The lowest BCUT2D eigenvalue weighted by atomic mass is 10.1. The maximum atomic E-state index is 13.4. The van der Waals surface area contributed by atoms with Crippen LogP contribution in [0.25, 0.3) is 11.3 Å². The van der Waals surface area contributed by atoms with Crippen LogP contribution in [0.15, 0.2) is 79.0 Å². The fourth-order valence-electron chi connectivity index (χ4n) is 3.44. The summed E-state index contributed by atoms with van der Waals surface area (Å²) in [6, 6.07) is 19.8. The second-order valence-corrected chi connectivity index (χ2v) is 7.66. The largest absolute Gasteiger partial charge is 0.497 e. The topological polar surface area (TPSA) is 85.2 Å². The molecule has 4 aromatic rings.